The molecular weight excluding hydrogens is 484 g/mol. The lowest BCUT2D eigenvalue weighted by Gasteiger charge is -2.05. The van der Waals surface area contributed by atoms with Crippen molar-refractivity contribution in [1.29, 1.82) is 0 Å². The highest BCUT2D eigenvalue weighted by Gasteiger charge is 2.30. The normalized spacial score (nSPS) is 11.9. The van der Waals surface area contributed by atoms with Crippen LogP contribution in [0.5, 0.6) is 0 Å². The number of aromatic nitrogens is 2. The van der Waals surface area contributed by atoms with Crippen LogP contribution in [0, 0.1) is 0 Å². The molecule has 0 amide bonds. The molecule has 0 saturated carbocycles. The molecule has 108 valence electrons. The van der Waals surface area contributed by atoms with E-state index in [1.54, 1.807) is 12.1 Å². The van der Waals surface area contributed by atoms with E-state index in [4.69, 9.17) is 34.8 Å². The summed E-state index contributed by atoms with van der Waals surface area (Å²) in [4.78, 5) is 6.66. The first-order chi connectivity index (χ1) is 9.17. The average Bonchev–Trinajstić information content (AvgIpc) is 2.54. The van der Waals surface area contributed by atoms with E-state index in [0.29, 0.717) is 20.2 Å². The maximum atomic E-state index is 12.9. The Bertz CT molecular complexity index is 640. The summed E-state index contributed by atoms with van der Waals surface area (Å²) in [5.74, 6) is 0. The Balaban J connectivity index is 2.50. The monoisotopic (exact) mass is 484 g/mol. The van der Waals surface area contributed by atoms with Gasteiger partial charge in [-0.15, -0.1) is 0 Å². The number of nitrogens with zero attached hydrogens (tertiary/aromatic N) is 1. The topological polar surface area (TPSA) is 28.7 Å². The molecule has 2 aromatic heterocycles. The molecule has 0 saturated heterocycles. The van der Waals surface area contributed by atoms with Gasteiger partial charge in [-0.05, 0) is 67.4 Å². The van der Waals surface area contributed by atoms with Crippen LogP contribution >= 0.6 is 78.4 Å². The molecular formula is C10H3Br2Cl3F2N2S. The Kier molecular flexibility index (Phi) is 5.30. The Hall–Kier alpha value is 0.470. The van der Waals surface area contributed by atoms with Gasteiger partial charge in [-0.1, -0.05) is 23.2 Å². The van der Waals surface area contributed by atoms with Gasteiger partial charge in [0.2, 0.25) is 0 Å². The first-order valence-electron chi connectivity index (χ1n) is 4.83. The smallest absolute Gasteiger partial charge is 0.348 e. The summed E-state index contributed by atoms with van der Waals surface area (Å²) in [6.45, 7) is 0. The molecule has 0 radical (unpaired) electrons. The van der Waals surface area contributed by atoms with Gasteiger partial charge in [-0.3, -0.25) is 0 Å². The third-order valence-electron chi connectivity index (χ3n) is 2.12. The highest BCUT2D eigenvalue weighted by Crippen LogP contribution is 2.47. The fraction of sp³-hybridized carbons (Fsp3) is 0.100. The van der Waals surface area contributed by atoms with Crippen molar-refractivity contribution in [2.45, 2.75) is 9.74 Å². The average molecular weight is 487 g/mol. The number of hydrogen-bond donors (Lipinski definition) is 1. The van der Waals surface area contributed by atoms with Gasteiger partial charge in [-0.2, -0.15) is 8.78 Å². The molecule has 1 N–H and O–H groups in total. The lowest BCUT2D eigenvalue weighted by molar-refractivity contribution is 0.203. The number of halogens is 7. The van der Waals surface area contributed by atoms with E-state index < -0.39 is 4.71 Å². The minimum absolute atomic E-state index is 0.177. The van der Waals surface area contributed by atoms with Gasteiger partial charge in [0, 0.05) is 5.56 Å². The standard InChI is InChI=1S/C10H3Br2Cl3F2N2S/c11-6-7(12)9(20-10(15,16)17)19-8(6)3-1-4(13)18-5(14)2-3/h1-2,19H. The summed E-state index contributed by atoms with van der Waals surface area (Å²) in [6.07, 6.45) is 0. The molecule has 0 atom stereocenters. The van der Waals surface area contributed by atoms with E-state index in [2.05, 4.69) is 41.8 Å². The third kappa shape index (κ3) is 4.01. The lowest BCUT2D eigenvalue weighted by atomic mass is 10.2. The van der Waals surface area contributed by atoms with Crippen molar-refractivity contribution < 1.29 is 8.78 Å². The van der Waals surface area contributed by atoms with E-state index in [1.165, 1.54) is 0 Å². The van der Waals surface area contributed by atoms with Crippen molar-refractivity contribution in [1.82, 2.24) is 9.97 Å². The number of rotatable bonds is 3. The predicted octanol–water partition coefficient (Wildman–Crippen LogP) is 6.79. The number of thioether (sulfide) groups is 1. The molecule has 0 fully saturated rings. The number of pyridine rings is 1. The summed E-state index contributed by atoms with van der Waals surface area (Å²) >= 11 is 23.3. The summed E-state index contributed by atoms with van der Waals surface area (Å²) in [7, 11) is 0. The SMILES string of the molecule is FC(F)(Cl)Sc1[nH]c(-c2cc(Cl)nc(Cl)c2)c(Br)c1Br. The second kappa shape index (κ2) is 6.30. The van der Waals surface area contributed by atoms with Crippen LogP contribution in [0.3, 0.4) is 0 Å². The Morgan fingerprint density at radius 2 is 1.70 bits per heavy atom. The summed E-state index contributed by atoms with van der Waals surface area (Å²) in [5, 5.41) is 0.569. The van der Waals surface area contributed by atoms with Gasteiger partial charge < -0.3 is 4.98 Å². The zero-order chi connectivity index (χ0) is 15.1. The molecule has 0 bridgehead atoms. The number of alkyl halides is 3. The van der Waals surface area contributed by atoms with Crippen molar-refractivity contribution in [3.63, 3.8) is 0 Å². The van der Waals surface area contributed by atoms with E-state index in [0.717, 1.165) is 0 Å². The molecule has 2 aromatic rings. The molecule has 10 heteroatoms. The molecule has 2 nitrogen and oxygen atoms in total. The van der Waals surface area contributed by atoms with Crippen LogP contribution in [0.2, 0.25) is 10.3 Å². The minimum atomic E-state index is -3.42. The van der Waals surface area contributed by atoms with Crippen molar-refractivity contribution >= 4 is 78.4 Å². The number of hydrogen-bond acceptors (Lipinski definition) is 2. The molecule has 2 rings (SSSR count). The van der Waals surface area contributed by atoms with Gasteiger partial charge in [0.15, 0.2) is 0 Å². The van der Waals surface area contributed by atoms with Gasteiger partial charge in [-0.25, -0.2) is 4.98 Å². The van der Waals surface area contributed by atoms with E-state index in [1.807, 2.05) is 0 Å². The fourth-order valence-corrected chi connectivity index (χ4v) is 3.89. The van der Waals surface area contributed by atoms with Crippen LogP contribution in [-0.2, 0) is 0 Å². The first-order valence-corrected chi connectivity index (χ1v) is 8.37. The molecule has 20 heavy (non-hydrogen) atoms. The van der Waals surface area contributed by atoms with Crippen LogP contribution < -0.4 is 0 Å². The van der Waals surface area contributed by atoms with Crippen LogP contribution in [0.25, 0.3) is 11.3 Å². The number of nitrogens with one attached hydrogen (secondary N) is 1. The highest BCUT2D eigenvalue weighted by atomic mass is 79.9. The van der Waals surface area contributed by atoms with Crippen molar-refractivity contribution in [2.75, 3.05) is 0 Å². The molecule has 0 spiro atoms. The van der Waals surface area contributed by atoms with Crippen LogP contribution in [0.15, 0.2) is 26.1 Å². The van der Waals surface area contributed by atoms with Gasteiger partial charge in [0.05, 0.1) is 19.7 Å². The Morgan fingerprint density at radius 1 is 1.15 bits per heavy atom. The van der Waals surface area contributed by atoms with Crippen LogP contribution in [0.4, 0.5) is 8.78 Å². The van der Waals surface area contributed by atoms with E-state index >= 15 is 0 Å². The third-order valence-corrected chi connectivity index (χ3v) is 5.86. The van der Waals surface area contributed by atoms with Gasteiger partial charge in [0.25, 0.3) is 0 Å². The Morgan fingerprint density at radius 3 is 2.20 bits per heavy atom. The zero-order valence-corrected chi connectivity index (χ0v) is 15.4. The molecule has 0 aromatic carbocycles. The Labute approximate surface area is 148 Å². The largest absolute Gasteiger partial charge is 0.377 e. The minimum Gasteiger partial charge on any atom is -0.348 e. The fourth-order valence-electron chi connectivity index (χ4n) is 1.43. The lowest BCUT2D eigenvalue weighted by Crippen LogP contribution is -1.97. The zero-order valence-electron chi connectivity index (χ0n) is 9.16. The first kappa shape index (κ1) is 16.8. The van der Waals surface area contributed by atoms with Crippen molar-refractivity contribution in [3.8, 4) is 11.3 Å². The summed E-state index contributed by atoms with van der Waals surface area (Å²) in [6, 6.07) is 3.12. The molecule has 2 heterocycles. The van der Waals surface area contributed by atoms with Gasteiger partial charge >= 0.3 is 4.71 Å². The van der Waals surface area contributed by atoms with Crippen molar-refractivity contribution in [3.05, 3.63) is 31.4 Å². The predicted molar refractivity (Wildman–Crippen MR) is 86.1 cm³/mol. The van der Waals surface area contributed by atoms with Crippen LogP contribution in [-0.4, -0.2) is 14.7 Å². The quantitative estimate of drug-likeness (QED) is 0.294. The highest BCUT2D eigenvalue weighted by molar-refractivity contribution is 9.13. The molecule has 0 aliphatic rings. The molecule has 0 aliphatic heterocycles. The second-order valence-corrected chi connectivity index (χ2v) is 7.69. The number of H-pyrrole nitrogens is 1. The summed E-state index contributed by atoms with van der Waals surface area (Å²) in [5.41, 5.74) is 1.14. The maximum Gasteiger partial charge on any atom is 0.377 e. The van der Waals surface area contributed by atoms with E-state index in [9.17, 15) is 8.78 Å². The van der Waals surface area contributed by atoms with Crippen LogP contribution in [0.1, 0.15) is 0 Å². The molecule has 0 unspecified atom stereocenters. The van der Waals surface area contributed by atoms with Gasteiger partial charge in [0.1, 0.15) is 10.3 Å². The van der Waals surface area contributed by atoms with Crippen molar-refractivity contribution in [2.24, 2.45) is 0 Å². The maximum absolute atomic E-state index is 12.9. The van der Waals surface area contributed by atoms with E-state index in [-0.39, 0.29) is 27.1 Å². The second-order valence-electron chi connectivity index (χ2n) is 3.51. The number of aromatic amines is 1. The molecule has 0 aliphatic carbocycles. The summed E-state index contributed by atoms with van der Waals surface area (Å²) < 4.78 is 23.3.